The van der Waals surface area contributed by atoms with E-state index in [1.807, 2.05) is 12.1 Å². The number of fused-ring (bicyclic) bond motifs is 1. The molecule has 2 heterocycles. The monoisotopic (exact) mass is 258 g/mol. The lowest BCUT2D eigenvalue weighted by Gasteiger charge is -2.39. The van der Waals surface area contributed by atoms with E-state index in [1.54, 1.807) is 12.3 Å². The molecule has 0 saturated carbocycles. The van der Waals surface area contributed by atoms with Crippen molar-refractivity contribution in [3.8, 4) is 0 Å². The van der Waals surface area contributed by atoms with Gasteiger partial charge in [0, 0.05) is 41.9 Å². The molecule has 0 bridgehead atoms. The Morgan fingerprint density at radius 1 is 1.32 bits per heavy atom. The van der Waals surface area contributed by atoms with Crippen LogP contribution in [0.1, 0.15) is 13.8 Å². The third-order valence-electron chi connectivity index (χ3n) is 3.53. The number of rotatable bonds is 1. The van der Waals surface area contributed by atoms with E-state index in [-0.39, 0.29) is 11.0 Å². The van der Waals surface area contributed by atoms with Gasteiger partial charge in [0.25, 0.3) is 0 Å². The zero-order valence-corrected chi connectivity index (χ0v) is 11.3. The number of hydrogen-bond acceptors (Lipinski definition) is 3. The number of benzene rings is 1. The van der Waals surface area contributed by atoms with Gasteiger partial charge in [0.1, 0.15) is 0 Å². The fraction of sp³-hybridized carbons (Fsp3) is 0.400. The molecule has 100 valence electrons. The quantitative estimate of drug-likeness (QED) is 0.852. The fourth-order valence-corrected chi connectivity index (χ4v) is 2.59. The summed E-state index contributed by atoms with van der Waals surface area (Å²) in [6, 6.07) is 7.55. The average Bonchev–Trinajstić information content (AvgIpc) is 2.38. The van der Waals surface area contributed by atoms with Crippen molar-refractivity contribution in [3.05, 3.63) is 40.7 Å². The Morgan fingerprint density at radius 2 is 2.16 bits per heavy atom. The van der Waals surface area contributed by atoms with Gasteiger partial charge in [0.05, 0.1) is 12.2 Å². The Hall–Kier alpha value is -1.81. The normalized spacial score (nSPS) is 18.7. The molecule has 1 aliphatic heterocycles. The molecule has 4 heteroatoms. The summed E-state index contributed by atoms with van der Waals surface area (Å²) in [7, 11) is 0. The van der Waals surface area contributed by atoms with E-state index in [9.17, 15) is 4.79 Å². The summed E-state index contributed by atoms with van der Waals surface area (Å²) in [5.41, 5.74) is 1.88. The second kappa shape index (κ2) is 4.38. The van der Waals surface area contributed by atoms with Gasteiger partial charge in [-0.05, 0) is 32.0 Å². The first-order chi connectivity index (χ1) is 9.05. The van der Waals surface area contributed by atoms with Crippen molar-refractivity contribution in [2.45, 2.75) is 19.4 Å². The highest BCUT2D eigenvalue weighted by Gasteiger charge is 2.27. The van der Waals surface area contributed by atoms with Crippen LogP contribution in [0.3, 0.4) is 0 Å². The molecule has 0 aliphatic carbocycles. The maximum Gasteiger partial charge on any atom is 0.189 e. The lowest BCUT2D eigenvalue weighted by molar-refractivity contribution is -0.0276. The first-order valence-electron chi connectivity index (χ1n) is 6.56. The summed E-state index contributed by atoms with van der Waals surface area (Å²) < 4.78 is 5.72. The summed E-state index contributed by atoms with van der Waals surface area (Å²) in [5, 5.41) is 0.740. The Morgan fingerprint density at radius 3 is 2.95 bits per heavy atom. The summed E-state index contributed by atoms with van der Waals surface area (Å²) in [6.07, 6.45) is 1.68. The number of nitrogens with zero attached hydrogens (tertiary/aromatic N) is 1. The first kappa shape index (κ1) is 12.2. The van der Waals surface area contributed by atoms with Crippen molar-refractivity contribution < 1.29 is 4.74 Å². The second-order valence-corrected chi connectivity index (χ2v) is 5.60. The third kappa shape index (κ3) is 2.36. The van der Waals surface area contributed by atoms with E-state index in [0.717, 1.165) is 36.3 Å². The molecule has 1 aromatic carbocycles. The molecule has 1 N–H and O–H groups in total. The van der Waals surface area contributed by atoms with E-state index >= 15 is 0 Å². The molecule has 19 heavy (non-hydrogen) atoms. The topological polar surface area (TPSA) is 45.3 Å². The Bertz CT molecular complexity index is 660. The summed E-state index contributed by atoms with van der Waals surface area (Å²) in [6.45, 7) is 6.60. The number of morpholine rings is 1. The van der Waals surface area contributed by atoms with Crippen LogP contribution in [0.4, 0.5) is 5.69 Å². The lowest BCUT2D eigenvalue weighted by Crippen LogP contribution is -2.48. The molecule has 0 spiro atoms. The largest absolute Gasteiger partial charge is 0.372 e. The number of anilines is 1. The van der Waals surface area contributed by atoms with Gasteiger partial charge in [-0.1, -0.05) is 0 Å². The molecule has 0 atom stereocenters. The predicted octanol–water partition coefficient (Wildman–Crippen LogP) is 2.14. The average molecular weight is 258 g/mol. The van der Waals surface area contributed by atoms with Crippen LogP contribution in [0, 0.1) is 0 Å². The van der Waals surface area contributed by atoms with E-state index in [1.165, 1.54) is 0 Å². The minimum absolute atomic E-state index is 0.0584. The smallest absolute Gasteiger partial charge is 0.189 e. The number of ether oxygens (including phenoxy) is 1. The maximum atomic E-state index is 11.9. The summed E-state index contributed by atoms with van der Waals surface area (Å²) in [5.74, 6) is 0. The van der Waals surface area contributed by atoms with Crippen LogP contribution in [0.15, 0.2) is 35.3 Å². The lowest BCUT2D eigenvalue weighted by atomic mass is 10.1. The van der Waals surface area contributed by atoms with E-state index in [0.29, 0.717) is 0 Å². The SMILES string of the molecule is CC1(C)CN(c2ccc3[nH]ccc(=O)c3c2)CCO1. The molecule has 3 rings (SSSR count). The van der Waals surface area contributed by atoms with Crippen molar-refractivity contribution in [1.29, 1.82) is 0 Å². The van der Waals surface area contributed by atoms with Gasteiger partial charge in [0.2, 0.25) is 0 Å². The van der Waals surface area contributed by atoms with Gasteiger partial charge < -0.3 is 14.6 Å². The first-order valence-corrected chi connectivity index (χ1v) is 6.56. The van der Waals surface area contributed by atoms with Gasteiger partial charge >= 0.3 is 0 Å². The van der Waals surface area contributed by atoms with Crippen LogP contribution in [0.2, 0.25) is 0 Å². The highest BCUT2D eigenvalue weighted by molar-refractivity contribution is 5.82. The predicted molar refractivity (Wildman–Crippen MR) is 76.8 cm³/mol. The number of nitrogens with one attached hydrogen (secondary N) is 1. The van der Waals surface area contributed by atoms with Crippen LogP contribution in [0.25, 0.3) is 10.9 Å². The van der Waals surface area contributed by atoms with E-state index in [4.69, 9.17) is 4.74 Å². The molecule has 0 amide bonds. The number of aromatic nitrogens is 1. The molecule has 1 aliphatic rings. The molecule has 1 fully saturated rings. The van der Waals surface area contributed by atoms with Gasteiger partial charge in [0.15, 0.2) is 5.43 Å². The third-order valence-corrected chi connectivity index (χ3v) is 3.53. The molecule has 1 aromatic heterocycles. The Balaban J connectivity index is 2.01. The van der Waals surface area contributed by atoms with Crippen LogP contribution < -0.4 is 10.3 Å². The summed E-state index contributed by atoms with van der Waals surface area (Å²) >= 11 is 0. The number of aromatic amines is 1. The van der Waals surface area contributed by atoms with Crippen molar-refractivity contribution in [2.24, 2.45) is 0 Å². The van der Waals surface area contributed by atoms with Crippen LogP contribution in [-0.4, -0.2) is 30.3 Å². The highest BCUT2D eigenvalue weighted by Crippen LogP contribution is 2.24. The number of pyridine rings is 1. The Labute approximate surface area is 112 Å². The van der Waals surface area contributed by atoms with Crippen molar-refractivity contribution in [1.82, 2.24) is 4.98 Å². The zero-order chi connectivity index (χ0) is 13.5. The van der Waals surface area contributed by atoms with Crippen LogP contribution >= 0.6 is 0 Å². The molecule has 0 unspecified atom stereocenters. The standard InChI is InChI=1S/C15H18N2O2/c1-15(2)10-17(7-8-19-15)11-3-4-13-12(9-11)14(18)5-6-16-13/h3-6,9H,7-8,10H2,1-2H3,(H,16,18). The van der Waals surface area contributed by atoms with Gasteiger partial charge in [-0.3, -0.25) is 4.79 Å². The minimum atomic E-state index is -0.143. The van der Waals surface area contributed by atoms with E-state index < -0.39 is 0 Å². The minimum Gasteiger partial charge on any atom is -0.372 e. The number of hydrogen-bond donors (Lipinski definition) is 1. The van der Waals surface area contributed by atoms with Crippen molar-refractivity contribution >= 4 is 16.6 Å². The molecule has 1 saturated heterocycles. The molecule has 0 radical (unpaired) electrons. The Kier molecular flexibility index (Phi) is 2.82. The van der Waals surface area contributed by atoms with Gasteiger partial charge in [-0.25, -0.2) is 0 Å². The second-order valence-electron chi connectivity index (χ2n) is 5.60. The molecular formula is C15H18N2O2. The van der Waals surface area contributed by atoms with Crippen molar-refractivity contribution in [3.63, 3.8) is 0 Å². The molecular weight excluding hydrogens is 240 g/mol. The van der Waals surface area contributed by atoms with Crippen LogP contribution in [0.5, 0.6) is 0 Å². The van der Waals surface area contributed by atoms with E-state index in [2.05, 4.69) is 29.8 Å². The molecule has 2 aromatic rings. The summed E-state index contributed by atoms with van der Waals surface area (Å²) in [4.78, 5) is 17.2. The highest BCUT2D eigenvalue weighted by atomic mass is 16.5. The van der Waals surface area contributed by atoms with Crippen molar-refractivity contribution in [2.75, 3.05) is 24.6 Å². The zero-order valence-electron chi connectivity index (χ0n) is 11.3. The number of H-pyrrole nitrogens is 1. The molecule has 4 nitrogen and oxygen atoms in total. The van der Waals surface area contributed by atoms with Crippen LogP contribution in [-0.2, 0) is 4.74 Å². The fourth-order valence-electron chi connectivity index (χ4n) is 2.59. The van der Waals surface area contributed by atoms with Gasteiger partial charge in [-0.15, -0.1) is 0 Å². The van der Waals surface area contributed by atoms with Gasteiger partial charge in [-0.2, -0.15) is 0 Å². The maximum absolute atomic E-state index is 11.9.